The number of piperidine rings is 1. The van der Waals surface area contributed by atoms with Gasteiger partial charge in [-0.25, -0.2) is 0 Å². The summed E-state index contributed by atoms with van der Waals surface area (Å²) in [5.41, 5.74) is 1.95. The summed E-state index contributed by atoms with van der Waals surface area (Å²) in [5.74, 6) is 0.423. The zero-order chi connectivity index (χ0) is 16.8. The highest BCUT2D eigenvalue weighted by Gasteiger charge is 2.21. The Morgan fingerprint density at radius 1 is 1.35 bits per heavy atom. The second-order valence-electron chi connectivity index (χ2n) is 6.69. The summed E-state index contributed by atoms with van der Waals surface area (Å²) in [6.07, 6.45) is 1.99. The van der Waals surface area contributed by atoms with Crippen LogP contribution in [0.3, 0.4) is 0 Å². The smallest absolute Gasteiger partial charge is 0.238 e. The summed E-state index contributed by atoms with van der Waals surface area (Å²) < 4.78 is 0. The van der Waals surface area contributed by atoms with Gasteiger partial charge in [0.25, 0.3) is 0 Å². The number of amides is 1. The molecule has 0 saturated carbocycles. The molecule has 2 rings (SSSR count). The van der Waals surface area contributed by atoms with Gasteiger partial charge in [-0.3, -0.25) is 9.69 Å². The predicted octanol–water partition coefficient (Wildman–Crippen LogP) is 2.17. The van der Waals surface area contributed by atoms with Gasteiger partial charge in [-0.15, -0.1) is 0 Å². The lowest BCUT2D eigenvalue weighted by Gasteiger charge is -2.34. The maximum absolute atomic E-state index is 12.3. The van der Waals surface area contributed by atoms with Gasteiger partial charge in [-0.1, -0.05) is 12.1 Å². The number of carbonyl (C=O) groups is 1. The van der Waals surface area contributed by atoms with Crippen molar-refractivity contribution in [1.29, 1.82) is 0 Å². The van der Waals surface area contributed by atoms with Crippen molar-refractivity contribution >= 4 is 17.3 Å². The summed E-state index contributed by atoms with van der Waals surface area (Å²) in [7, 11) is 1.95. The lowest BCUT2D eigenvalue weighted by atomic mass is 9.97. The minimum absolute atomic E-state index is 0.0129. The van der Waals surface area contributed by atoms with Crippen LogP contribution in [0.5, 0.6) is 0 Å². The van der Waals surface area contributed by atoms with Gasteiger partial charge < -0.3 is 15.3 Å². The first-order chi connectivity index (χ1) is 11.0. The molecule has 5 heteroatoms. The molecule has 0 aliphatic carbocycles. The molecule has 0 unspecified atom stereocenters. The molecule has 128 valence electrons. The molecule has 0 radical (unpaired) electrons. The number of nitrogens with one attached hydrogen (secondary N) is 1. The minimum atomic E-state index is 0.0129. The lowest BCUT2D eigenvalue weighted by molar-refractivity contribution is -0.117. The van der Waals surface area contributed by atoms with E-state index in [0.29, 0.717) is 18.5 Å². The number of rotatable bonds is 6. The molecule has 1 fully saturated rings. The van der Waals surface area contributed by atoms with Crippen LogP contribution >= 0.6 is 0 Å². The second kappa shape index (κ2) is 8.31. The zero-order valence-electron chi connectivity index (χ0n) is 14.5. The zero-order valence-corrected chi connectivity index (χ0v) is 14.5. The molecule has 0 bridgehead atoms. The monoisotopic (exact) mass is 319 g/mol. The molecule has 5 nitrogen and oxygen atoms in total. The van der Waals surface area contributed by atoms with Crippen molar-refractivity contribution in [3.63, 3.8) is 0 Å². The van der Waals surface area contributed by atoms with Gasteiger partial charge in [0.1, 0.15) is 0 Å². The summed E-state index contributed by atoms with van der Waals surface area (Å²) in [5, 5.41) is 12.3. The number of anilines is 2. The Balaban J connectivity index is 2.02. The lowest BCUT2D eigenvalue weighted by Crippen LogP contribution is -2.37. The van der Waals surface area contributed by atoms with Crippen molar-refractivity contribution in [2.45, 2.75) is 32.7 Å². The number of carbonyl (C=O) groups excluding carboxylic acids is 1. The fourth-order valence-electron chi connectivity index (χ4n) is 2.81. The van der Waals surface area contributed by atoms with Crippen LogP contribution in [0.4, 0.5) is 11.4 Å². The Morgan fingerprint density at radius 2 is 2.00 bits per heavy atom. The number of nitrogens with zero attached hydrogens (tertiary/aromatic N) is 2. The average Bonchev–Trinajstić information content (AvgIpc) is 2.55. The highest BCUT2D eigenvalue weighted by atomic mass is 16.3. The summed E-state index contributed by atoms with van der Waals surface area (Å²) in [6.45, 7) is 6.65. The number of para-hydroxylation sites is 2. The number of aliphatic hydroxyl groups is 1. The van der Waals surface area contributed by atoms with E-state index in [1.807, 2.05) is 30.1 Å². The molecular weight excluding hydrogens is 290 g/mol. The number of benzene rings is 1. The first-order valence-electron chi connectivity index (χ1n) is 8.46. The van der Waals surface area contributed by atoms with E-state index in [1.54, 1.807) is 0 Å². The van der Waals surface area contributed by atoms with Crippen LogP contribution < -0.4 is 10.2 Å². The first-order valence-corrected chi connectivity index (χ1v) is 8.46. The van der Waals surface area contributed by atoms with E-state index in [4.69, 9.17) is 0 Å². The summed E-state index contributed by atoms with van der Waals surface area (Å²) in [4.78, 5) is 16.6. The third-order valence-corrected chi connectivity index (χ3v) is 4.67. The molecule has 1 aromatic rings. The van der Waals surface area contributed by atoms with Crippen molar-refractivity contribution in [1.82, 2.24) is 4.90 Å². The molecule has 23 heavy (non-hydrogen) atoms. The Labute approximate surface area is 139 Å². The number of likely N-dealkylation sites (N-methyl/N-ethyl adjacent to an activating group) is 1. The van der Waals surface area contributed by atoms with Crippen LogP contribution in [0.2, 0.25) is 0 Å². The predicted molar refractivity (Wildman–Crippen MR) is 94.9 cm³/mol. The Bertz CT molecular complexity index is 511. The van der Waals surface area contributed by atoms with Crippen LogP contribution in [0.15, 0.2) is 24.3 Å². The van der Waals surface area contributed by atoms with E-state index < -0.39 is 0 Å². The maximum Gasteiger partial charge on any atom is 0.238 e. The maximum atomic E-state index is 12.3. The quantitative estimate of drug-likeness (QED) is 0.844. The SMILES string of the molecule is CC(C)N(C)CC(=O)Nc1ccccc1N1CCC(CO)CC1. The average molecular weight is 319 g/mol. The van der Waals surface area contributed by atoms with Crippen LogP contribution in [0.1, 0.15) is 26.7 Å². The third-order valence-electron chi connectivity index (χ3n) is 4.67. The van der Waals surface area contributed by atoms with Crippen LogP contribution in [0, 0.1) is 5.92 Å². The fourth-order valence-corrected chi connectivity index (χ4v) is 2.81. The van der Waals surface area contributed by atoms with E-state index >= 15 is 0 Å². The van der Waals surface area contributed by atoms with Crippen LogP contribution in [-0.4, -0.2) is 55.2 Å². The molecule has 0 spiro atoms. The molecule has 0 atom stereocenters. The van der Waals surface area contributed by atoms with Crippen molar-refractivity contribution in [3.05, 3.63) is 24.3 Å². The third kappa shape index (κ3) is 4.94. The van der Waals surface area contributed by atoms with E-state index in [9.17, 15) is 9.90 Å². The molecule has 2 N–H and O–H groups in total. The van der Waals surface area contributed by atoms with Gasteiger partial charge in [-0.2, -0.15) is 0 Å². The van der Waals surface area contributed by atoms with Crippen molar-refractivity contribution in [3.8, 4) is 0 Å². The van der Waals surface area contributed by atoms with Gasteiger partial charge in [0.05, 0.1) is 17.9 Å². The van der Waals surface area contributed by atoms with Gasteiger partial charge in [0.2, 0.25) is 5.91 Å². The Kier molecular flexibility index (Phi) is 6.42. The van der Waals surface area contributed by atoms with Crippen molar-refractivity contribution in [2.24, 2.45) is 5.92 Å². The summed E-state index contributed by atoms with van der Waals surface area (Å²) >= 11 is 0. The number of aliphatic hydroxyl groups excluding tert-OH is 1. The molecule has 1 amide bonds. The number of hydrogen-bond donors (Lipinski definition) is 2. The highest BCUT2D eigenvalue weighted by molar-refractivity contribution is 5.95. The van der Waals surface area contributed by atoms with E-state index in [1.165, 1.54) is 0 Å². The Hall–Kier alpha value is -1.59. The fraction of sp³-hybridized carbons (Fsp3) is 0.611. The van der Waals surface area contributed by atoms with E-state index in [0.717, 1.165) is 37.3 Å². The summed E-state index contributed by atoms with van der Waals surface area (Å²) in [6, 6.07) is 8.31. The molecule has 1 aliphatic heterocycles. The molecule has 1 aliphatic rings. The van der Waals surface area contributed by atoms with Gasteiger partial charge >= 0.3 is 0 Å². The van der Waals surface area contributed by atoms with Crippen molar-refractivity contribution in [2.75, 3.05) is 43.5 Å². The number of hydrogen-bond acceptors (Lipinski definition) is 4. The van der Waals surface area contributed by atoms with E-state index in [-0.39, 0.29) is 12.5 Å². The molecule has 1 heterocycles. The largest absolute Gasteiger partial charge is 0.396 e. The molecular formula is C18H29N3O2. The minimum Gasteiger partial charge on any atom is -0.396 e. The highest BCUT2D eigenvalue weighted by Crippen LogP contribution is 2.29. The molecule has 1 saturated heterocycles. The molecule has 1 aromatic carbocycles. The van der Waals surface area contributed by atoms with Gasteiger partial charge in [0, 0.05) is 25.7 Å². The second-order valence-corrected chi connectivity index (χ2v) is 6.69. The van der Waals surface area contributed by atoms with Crippen molar-refractivity contribution < 1.29 is 9.90 Å². The normalized spacial score (nSPS) is 16.2. The van der Waals surface area contributed by atoms with Gasteiger partial charge in [-0.05, 0) is 51.8 Å². The standard InChI is InChI=1S/C18H29N3O2/c1-14(2)20(3)12-18(23)19-16-6-4-5-7-17(16)21-10-8-15(13-22)9-11-21/h4-7,14-15,22H,8-13H2,1-3H3,(H,19,23). The first kappa shape index (κ1) is 17.8. The van der Waals surface area contributed by atoms with Crippen LogP contribution in [0.25, 0.3) is 0 Å². The topological polar surface area (TPSA) is 55.8 Å². The van der Waals surface area contributed by atoms with E-state index in [2.05, 4.69) is 30.1 Å². The van der Waals surface area contributed by atoms with Gasteiger partial charge in [0.15, 0.2) is 0 Å². The Morgan fingerprint density at radius 3 is 2.61 bits per heavy atom. The van der Waals surface area contributed by atoms with Crippen LogP contribution in [-0.2, 0) is 4.79 Å². The molecule has 0 aromatic heterocycles.